The summed E-state index contributed by atoms with van der Waals surface area (Å²) in [6.07, 6.45) is 2.72. The third-order valence-electron chi connectivity index (χ3n) is 5.72. The molecule has 3 rings (SSSR count). The fraction of sp³-hybridized carbons (Fsp3) is 0.480. The fourth-order valence-corrected chi connectivity index (χ4v) is 5.73. The largest absolute Gasteiger partial charge is 0.492 e. The average Bonchev–Trinajstić information content (AvgIpc) is 2.77. The molecule has 6 nitrogen and oxygen atoms in total. The number of carbonyl (C=O) groups is 1. The van der Waals surface area contributed by atoms with Crippen LogP contribution in [-0.4, -0.2) is 50.6 Å². The van der Waals surface area contributed by atoms with Crippen molar-refractivity contribution in [3.63, 3.8) is 0 Å². The van der Waals surface area contributed by atoms with Gasteiger partial charge in [-0.05, 0) is 68.4 Å². The Morgan fingerprint density at radius 3 is 2.56 bits per heavy atom. The molecule has 0 saturated carbocycles. The lowest BCUT2D eigenvalue weighted by Gasteiger charge is -2.31. The molecule has 1 aliphatic rings. The molecule has 1 N–H and O–H groups in total. The smallest absolute Gasteiger partial charge is 0.224 e. The molecule has 1 fully saturated rings. The van der Waals surface area contributed by atoms with Gasteiger partial charge in [-0.1, -0.05) is 36.4 Å². The van der Waals surface area contributed by atoms with E-state index in [4.69, 9.17) is 4.74 Å². The third kappa shape index (κ3) is 7.35. The minimum absolute atomic E-state index is 0.0989. The highest BCUT2D eigenvalue weighted by molar-refractivity contribution is 7.89. The second kappa shape index (κ2) is 11.5. The Kier molecular flexibility index (Phi) is 8.70. The minimum atomic E-state index is -3.36. The summed E-state index contributed by atoms with van der Waals surface area (Å²) in [5.74, 6) is 0.495. The standard InChI is InChI=1S/C25H34N2O4S/c1-20-16-21(2)18-24(17-20)31-14-12-26-25(28)23-11-6-13-27(19-23)32(29,30)15-7-10-22-8-4-3-5-9-22/h3-5,8-9,16-18,23H,6-7,10-15,19H2,1-2H3,(H,26,28)/t23-/m1/s1. The van der Waals surface area contributed by atoms with Crippen LogP contribution in [-0.2, 0) is 21.2 Å². The van der Waals surface area contributed by atoms with E-state index in [1.165, 1.54) is 4.31 Å². The van der Waals surface area contributed by atoms with Crippen LogP contribution >= 0.6 is 0 Å². The molecular formula is C25H34N2O4S. The molecule has 0 aromatic heterocycles. The molecule has 0 radical (unpaired) electrons. The molecule has 174 valence electrons. The van der Waals surface area contributed by atoms with E-state index in [0.29, 0.717) is 39.0 Å². The van der Waals surface area contributed by atoms with Gasteiger partial charge in [-0.15, -0.1) is 0 Å². The number of ether oxygens (including phenoxy) is 1. The van der Waals surface area contributed by atoms with E-state index < -0.39 is 10.0 Å². The van der Waals surface area contributed by atoms with Crippen LogP contribution in [0, 0.1) is 19.8 Å². The van der Waals surface area contributed by atoms with Gasteiger partial charge in [-0.25, -0.2) is 12.7 Å². The summed E-state index contributed by atoms with van der Waals surface area (Å²) in [7, 11) is -3.36. The van der Waals surface area contributed by atoms with Crippen molar-refractivity contribution >= 4 is 15.9 Å². The van der Waals surface area contributed by atoms with Crippen molar-refractivity contribution in [1.82, 2.24) is 9.62 Å². The van der Waals surface area contributed by atoms with E-state index in [9.17, 15) is 13.2 Å². The van der Waals surface area contributed by atoms with Gasteiger partial charge in [-0.2, -0.15) is 0 Å². The summed E-state index contributed by atoms with van der Waals surface area (Å²) in [4.78, 5) is 12.6. The molecule has 2 aromatic carbocycles. The average molecular weight is 459 g/mol. The molecule has 2 aromatic rings. The molecule has 1 aliphatic heterocycles. The second-order valence-electron chi connectivity index (χ2n) is 8.57. The first-order chi connectivity index (χ1) is 15.3. The van der Waals surface area contributed by atoms with Gasteiger partial charge in [0.2, 0.25) is 15.9 Å². The fourth-order valence-electron chi connectivity index (χ4n) is 4.15. The maximum absolute atomic E-state index is 12.8. The number of sulfonamides is 1. The van der Waals surface area contributed by atoms with E-state index >= 15 is 0 Å². The van der Waals surface area contributed by atoms with Gasteiger partial charge in [0.15, 0.2) is 0 Å². The maximum atomic E-state index is 12.8. The number of amides is 1. The van der Waals surface area contributed by atoms with Crippen molar-refractivity contribution in [2.75, 3.05) is 32.0 Å². The summed E-state index contributed by atoms with van der Waals surface area (Å²) in [5.41, 5.74) is 3.41. The number of benzene rings is 2. The topological polar surface area (TPSA) is 75.7 Å². The molecule has 0 aliphatic carbocycles. The van der Waals surface area contributed by atoms with E-state index in [0.717, 1.165) is 28.9 Å². The molecule has 32 heavy (non-hydrogen) atoms. The van der Waals surface area contributed by atoms with Gasteiger partial charge in [-0.3, -0.25) is 4.79 Å². The Morgan fingerprint density at radius 1 is 1.12 bits per heavy atom. The van der Waals surface area contributed by atoms with Crippen LogP contribution in [0.1, 0.15) is 36.0 Å². The van der Waals surface area contributed by atoms with Crippen molar-refractivity contribution in [1.29, 1.82) is 0 Å². The van der Waals surface area contributed by atoms with Gasteiger partial charge < -0.3 is 10.1 Å². The van der Waals surface area contributed by atoms with Gasteiger partial charge in [0.1, 0.15) is 12.4 Å². The molecule has 7 heteroatoms. The number of carbonyl (C=O) groups excluding carboxylic acids is 1. The Labute approximate surface area is 192 Å². The van der Waals surface area contributed by atoms with Crippen LogP contribution in [0.2, 0.25) is 0 Å². The van der Waals surface area contributed by atoms with Crippen LogP contribution in [0.25, 0.3) is 0 Å². The van der Waals surface area contributed by atoms with Crippen LogP contribution in [0.3, 0.4) is 0 Å². The van der Waals surface area contributed by atoms with Crippen LogP contribution in [0.5, 0.6) is 5.75 Å². The first-order valence-electron chi connectivity index (χ1n) is 11.3. The summed E-state index contributed by atoms with van der Waals surface area (Å²) >= 11 is 0. The normalized spacial score (nSPS) is 17.1. The molecule has 0 spiro atoms. The lowest BCUT2D eigenvalue weighted by atomic mass is 9.99. The molecular weight excluding hydrogens is 424 g/mol. The monoisotopic (exact) mass is 458 g/mol. The number of rotatable bonds is 10. The van der Waals surface area contributed by atoms with E-state index in [1.807, 2.05) is 56.3 Å². The third-order valence-corrected chi connectivity index (χ3v) is 7.65. The zero-order valence-electron chi connectivity index (χ0n) is 19.0. The van der Waals surface area contributed by atoms with Crippen LogP contribution in [0.4, 0.5) is 0 Å². The highest BCUT2D eigenvalue weighted by Gasteiger charge is 2.31. The molecule has 1 atom stereocenters. The quantitative estimate of drug-likeness (QED) is 0.553. The first kappa shape index (κ1) is 24.3. The van der Waals surface area contributed by atoms with Crippen molar-refractivity contribution < 1.29 is 17.9 Å². The predicted molar refractivity (Wildman–Crippen MR) is 127 cm³/mol. The molecule has 0 bridgehead atoms. The van der Waals surface area contributed by atoms with Gasteiger partial charge in [0.25, 0.3) is 0 Å². The highest BCUT2D eigenvalue weighted by atomic mass is 32.2. The Morgan fingerprint density at radius 2 is 1.84 bits per heavy atom. The Hall–Kier alpha value is -2.38. The first-order valence-corrected chi connectivity index (χ1v) is 12.9. The van der Waals surface area contributed by atoms with Gasteiger partial charge in [0, 0.05) is 13.1 Å². The van der Waals surface area contributed by atoms with Crippen molar-refractivity contribution in [3.05, 3.63) is 65.2 Å². The Bertz CT molecular complexity index is 972. The van der Waals surface area contributed by atoms with Gasteiger partial charge in [0.05, 0.1) is 18.2 Å². The summed E-state index contributed by atoms with van der Waals surface area (Å²) < 4.78 is 32.8. The zero-order chi connectivity index (χ0) is 23.0. The number of nitrogens with zero attached hydrogens (tertiary/aromatic N) is 1. The summed E-state index contributed by atoms with van der Waals surface area (Å²) in [6.45, 7) is 5.57. The minimum Gasteiger partial charge on any atom is -0.492 e. The van der Waals surface area contributed by atoms with E-state index in [-0.39, 0.29) is 24.1 Å². The summed E-state index contributed by atoms with van der Waals surface area (Å²) in [5, 5.41) is 2.90. The molecule has 1 heterocycles. The molecule has 1 saturated heterocycles. The summed E-state index contributed by atoms with van der Waals surface area (Å²) in [6, 6.07) is 15.9. The second-order valence-corrected chi connectivity index (χ2v) is 10.7. The van der Waals surface area contributed by atoms with Crippen LogP contribution < -0.4 is 10.1 Å². The Balaban J connectivity index is 1.42. The number of hydrogen-bond acceptors (Lipinski definition) is 4. The zero-order valence-corrected chi connectivity index (χ0v) is 19.9. The molecule has 1 amide bonds. The van der Waals surface area contributed by atoms with Crippen molar-refractivity contribution in [2.24, 2.45) is 5.92 Å². The van der Waals surface area contributed by atoms with E-state index in [1.54, 1.807) is 0 Å². The number of nitrogens with one attached hydrogen (secondary N) is 1. The highest BCUT2D eigenvalue weighted by Crippen LogP contribution is 2.21. The number of aryl methyl sites for hydroxylation is 3. The lowest BCUT2D eigenvalue weighted by molar-refractivity contribution is -0.126. The van der Waals surface area contributed by atoms with Crippen molar-refractivity contribution in [2.45, 2.75) is 39.5 Å². The van der Waals surface area contributed by atoms with Crippen LogP contribution in [0.15, 0.2) is 48.5 Å². The van der Waals surface area contributed by atoms with E-state index in [2.05, 4.69) is 11.4 Å². The maximum Gasteiger partial charge on any atom is 0.224 e. The SMILES string of the molecule is Cc1cc(C)cc(OCCNC(=O)[C@@H]2CCCN(S(=O)(=O)CCCc3ccccc3)C2)c1. The number of hydrogen-bond donors (Lipinski definition) is 1. The lowest BCUT2D eigenvalue weighted by Crippen LogP contribution is -2.46. The van der Waals surface area contributed by atoms with Gasteiger partial charge >= 0.3 is 0 Å². The van der Waals surface area contributed by atoms with Crippen molar-refractivity contribution in [3.8, 4) is 5.75 Å². The molecule has 0 unspecified atom stereocenters. The number of piperidine rings is 1. The predicted octanol–water partition coefficient (Wildman–Crippen LogP) is 3.47.